The van der Waals surface area contributed by atoms with Crippen LogP contribution in [0.1, 0.15) is 11.1 Å². The molecular formula is C23H21N5O7. The molecule has 35 heavy (non-hydrogen) atoms. The van der Waals surface area contributed by atoms with Gasteiger partial charge >= 0.3 is 6.03 Å². The lowest BCUT2D eigenvalue weighted by molar-refractivity contribution is -0.384. The van der Waals surface area contributed by atoms with Crippen LogP contribution in [0.3, 0.4) is 0 Å². The molecule has 0 unspecified atom stereocenters. The molecule has 2 aromatic carbocycles. The van der Waals surface area contributed by atoms with Gasteiger partial charge in [0.15, 0.2) is 11.5 Å². The summed E-state index contributed by atoms with van der Waals surface area (Å²) in [6, 6.07) is 9.29. The molecule has 3 aliphatic rings. The first-order valence-electron chi connectivity index (χ1n) is 10.9. The highest BCUT2D eigenvalue weighted by Gasteiger charge is 2.29. The first-order valence-corrected chi connectivity index (χ1v) is 10.9. The second kappa shape index (κ2) is 9.06. The number of benzene rings is 2. The monoisotopic (exact) mass is 479 g/mol. The van der Waals surface area contributed by atoms with Gasteiger partial charge in [-0.3, -0.25) is 35.2 Å². The second-order valence-electron chi connectivity index (χ2n) is 8.25. The van der Waals surface area contributed by atoms with E-state index in [1.165, 1.54) is 18.2 Å². The maximum atomic E-state index is 12.2. The van der Waals surface area contributed by atoms with Crippen molar-refractivity contribution in [3.8, 4) is 11.5 Å². The molecule has 0 atom stereocenters. The van der Waals surface area contributed by atoms with Gasteiger partial charge in [0.1, 0.15) is 5.57 Å². The summed E-state index contributed by atoms with van der Waals surface area (Å²) in [5, 5.41) is 15.4. The van der Waals surface area contributed by atoms with Gasteiger partial charge in [-0.15, -0.1) is 0 Å². The molecule has 180 valence electrons. The maximum Gasteiger partial charge on any atom is 0.328 e. The van der Waals surface area contributed by atoms with E-state index in [-0.39, 0.29) is 18.1 Å². The van der Waals surface area contributed by atoms with Crippen molar-refractivity contribution in [2.75, 3.05) is 37.9 Å². The molecule has 12 heteroatoms. The average molecular weight is 479 g/mol. The highest BCUT2D eigenvalue weighted by atomic mass is 16.7. The fraction of sp³-hybridized carbons (Fsp3) is 0.261. The van der Waals surface area contributed by atoms with E-state index < -0.39 is 22.8 Å². The van der Waals surface area contributed by atoms with E-state index in [4.69, 9.17) is 9.47 Å². The van der Waals surface area contributed by atoms with Crippen LogP contribution in [0.2, 0.25) is 0 Å². The Kier molecular flexibility index (Phi) is 5.79. The zero-order valence-electron chi connectivity index (χ0n) is 18.5. The van der Waals surface area contributed by atoms with Crippen molar-refractivity contribution in [2.24, 2.45) is 0 Å². The van der Waals surface area contributed by atoms with Gasteiger partial charge in [0.05, 0.1) is 4.92 Å². The van der Waals surface area contributed by atoms with Crippen molar-refractivity contribution < 1.29 is 28.8 Å². The number of urea groups is 1. The third-order valence-corrected chi connectivity index (χ3v) is 6.02. The highest BCUT2D eigenvalue weighted by molar-refractivity contribution is 6.31. The number of amides is 4. The number of ether oxygens (including phenoxy) is 2. The normalized spacial score (nSPS) is 17.8. The number of piperazine rings is 1. The second-order valence-corrected chi connectivity index (χ2v) is 8.25. The molecule has 3 heterocycles. The third-order valence-electron chi connectivity index (χ3n) is 6.02. The summed E-state index contributed by atoms with van der Waals surface area (Å²) in [5.41, 5.74) is 1.64. The van der Waals surface area contributed by atoms with Gasteiger partial charge in [0.2, 0.25) is 6.79 Å². The van der Waals surface area contributed by atoms with Crippen LogP contribution in [-0.4, -0.2) is 60.6 Å². The number of anilines is 1. The van der Waals surface area contributed by atoms with E-state index in [2.05, 4.69) is 9.80 Å². The number of nitro benzene ring substituents is 1. The summed E-state index contributed by atoms with van der Waals surface area (Å²) in [4.78, 5) is 50.8. The summed E-state index contributed by atoms with van der Waals surface area (Å²) in [5.74, 6) is -0.236. The van der Waals surface area contributed by atoms with Crippen LogP contribution in [0.15, 0.2) is 42.0 Å². The Morgan fingerprint density at radius 3 is 2.37 bits per heavy atom. The zero-order chi connectivity index (χ0) is 24.5. The van der Waals surface area contributed by atoms with E-state index in [1.807, 2.05) is 28.8 Å². The van der Waals surface area contributed by atoms with Crippen LogP contribution < -0.4 is 25.0 Å². The third kappa shape index (κ3) is 4.64. The van der Waals surface area contributed by atoms with Gasteiger partial charge in [0.25, 0.3) is 17.5 Å². The summed E-state index contributed by atoms with van der Waals surface area (Å²) < 4.78 is 10.8. The number of nitro groups is 1. The first-order chi connectivity index (χ1) is 16.9. The molecule has 2 aromatic rings. The quantitative estimate of drug-likeness (QED) is 0.281. The topological polar surface area (TPSA) is 143 Å². The fourth-order valence-electron chi connectivity index (χ4n) is 4.27. The summed E-state index contributed by atoms with van der Waals surface area (Å²) in [6.07, 6.45) is 1.28. The van der Waals surface area contributed by atoms with E-state index in [0.717, 1.165) is 36.7 Å². The Hall–Kier alpha value is -4.45. The fourth-order valence-corrected chi connectivity index (χ4v) is 4.27. The number of nitrogens with one attached hydrogen (secondary N) is 2. The van der Waals surface area contributed by atoms with Crippen molar-refractivity contribution in [3.05, 3.63) is 63.2 Å². The van der Waals surface area contributed by atoms with E-state index in [9.17, 15) is 24.5 Å². The van der Waals surface area contributed by atoms with E-state index in [1.54, 1.807) is 6.07 Å². The van der Waals surface area contributed by atoms with Gasteiger partial charge in [0, 0.05) is 56.1 Å². The Balaban J connectivity index is 1.34. The standard InChI is InChI=1S/C23H21N5O7/c29-21-17(22(30)25-23(31)24-21)11-15-10-16(28(32)33)2-3-18(15)27-7-5-26(6-8-27)12-14-1-4-19-20(9-14)35-13-34-19/h1-4,9-11H,5-8,12-13H2,(H2,24,25,29,30,31). The molecule has 0 saturated carbocycles. The first kappa shape index (κ1) is 22.3. The minimum absolute atomic E-state index is 0.172. The molecule has 2 saturated heterocycles. The number of rotatable bonds is 5. The molecule has 0 aliphatic carbocycles. The molecule has 3 aliphatic heterocycles. The van der Waals surface area contributed by atoms with Crippen LogP contribution >= 0.6 is 0 Å². The van der Waals surface area contributed by atoms with E-state index >= 15 is 0 Å². The number of carbonyl (C=O) groups excluding carboxylic acids is 3. The summed E-state index contributed by atoms with van der Waals surface area (Å²) in [6.45, 7) is 3.69. The van der Waals surface area contributed by atoms with Crippen molar-refractivity contribution in [1.29, 1.82) is 0 Å². The predicted octanol–water partition coefficient (Wildman–Crippen LogP) is 1.40. The van der Waals surface area contributed by atoms with Crippen molar-refractivity contribution in [3.63, 3.8) is 0 Å². The SMILES string of the molecule is O=C1NC(=O)C(=Cc2cc([N+](=O)[O-])ccc2N2CCN(Cc3ccc4c(c3)OCO4)CC2)C(=O)N1. The lowest BCUT2D eigenvalue weighted by Crippen LogP contribution is -2.51. The molecule has 5 rings (SSSR count). The molecule has 0 spiro atoms. The number of non-ortho nitro benzene ring substituents is 1. The lowest BCUT2D eigenvalue weighted by Gasteiger charge is -2.37. The van der Waals surface area contributed by atoms with Gasteiger partial charge in [-0.05, 0) is 29.8 Å². The van der Waals surface area contributed by atoms with E-state index in [0.29, 0.717) is 24.3 Å². The number of imide groups is 2. The summed E-state index contributed by atoms with van der Waals surface area (Å²) >= 11 is 0. The molecule has 2 N–H and O–H groups in total. The number of fused-ring (bicyclic) bond motifs is 1. The number of hydrogen-bond acceptors (Lipinski definition) is 9. The van der Waals surface area contributed by atoms with Crippen molar-refractivity contribution in [2.45, 2.75) is 6.54 Å². The van der Waals surface area contributed by atoms with Crippen LogP contribution in [0.4, 0.5) is 16.2 Å². The van der Waals surface area contributed by atoms with Gasteiger partial charge in [-0.1, -0.05) is 6.07 Å². The lowest BCUT2D eigenvalue weighted by atomic mass is 10.0. The van der Waals surface area contributed by atoms with Crippen LogP contribution in [-0.2, 0) is 16.1 Å². The zero-order valence-corrected chi connectivity index (χ0v) is 18.5. The maximum absolute atomic E-state index is 12.2. The molecule has 0 bridgehead atoms. The number of barbiturate groups is 1. The summed E-state index contributed by atoms with van der Waals surface area (Å²) in [7, 11) is 0. The smallest absolute Gasteiger partial charge is 0.328 e. The Morgan fingerprint density at radius 1 is 0.943 bits per heavy atom. The molecule has 0 radical (unpaired) electrons. The van der Waals surface area contributed by atoms with Gasteiger partial charge in [-0.25, -0.2) is 4.79 Å². The van der Waals surface area contributed by atoms with Crippen LogP contribution in [0, 0.1) is 10.1 Å². The van der Waals surface area contributed by atoms with Crippen molar-refractivity contribution >= 4 is 35.3 Å². The molecule has 4 amide bonds. The number of hydrogen-bond donors (Lipinski definition) is 2. The Bertz CT molecular complexity index is 1240. The minimum atomic E-state index is -0.907. The molecule has 0 aromatic heterocycles. The highest BCUT2D eigenvalue weighted by Crippen LogP contribution is 2.33. The van der Waals surface area contributed by atoms with Crippen LogP contribution in [0.5, 0.6) is 11.5 Å². The largest absolute Gasteiger partial charge is 0.454 e. The Labute approximate surface area is 199 Å². The van der Waals surface area contributed by atoms with Crippen molar-refractivity contribution in [1.82, 2.24) is 15.5 Å². The van der Waals surface area contributed by atoms with Gasteiger partial charge < -0.3 is 14.4 Å². The predicted molar refractivity (Wildman–Crippen MR) is 123 cm³/mol. The minimum Gasteiger partial charge on any atom is -0.454 e. The van der Waals surface area contributed by atoms with Gasteiger partial charge in [-0.2, -0.15) is 0 Å². The average Bonchev–Trinajstić information content (AvgIpc) is 3.30. The molecule has 12 nitrogen and oxygen atoms in total. The molecule has 2 fully saturated rings. The Morgan fingerprint density at radius 2 is 1.66 bits per heavy atom. The van der Waals surface area contributed by atoms with Crippen LogP contribution in [0.25, 0.3) is 6.08 Å². The number of carbonyl (C=O) groups is 3. The molecular weight excluding hydrogens is 458 g/mol. The number of nitrogens with zero attached hydrogens (tertiary/aromatic N) is 3.